The van der Waals surface area contributed by atoms with Gasteiger partial charge in [-0.2, -0.15) is 10.1 Å². The molecule has 6 nitrogen and oxygen atoms in total. The van der Waals surface area contributed by atoms with Crippen molar-refractivity contribution in [2.24, 2.45) is 5.10 Å². The van der Waals surface area contributed by atoms with E-state index in [1.807, 2.05) is 0 Å². The number of benzene rings is 2. The first-order valence-corrected chi connectivity index (χ1v) is 7.72. The normalized spacial score (nSPS) is 11.1. The lowest BCUT2D eigenvalue weighted by Crippen LogP contribution is -2.26. The summed E-state index contributed by atoms with van der Waals surface area (Å²) in [5, 5.41) is 13.6. The molecule has 2 aromatic rings. The van der Waals surface area contributed by atoms with Crippen molar-refractivity contribution < 1.29 is 31.7 Å². The Kier molecular flexibility index (Phi) is 6.20. The zero-order valence-corrected chi connectivity index (χ0v) is 15.0. The number of amides is 1. The summed E-state index contributed by atoms with van der Waals surface area (Å²) < 4.78 is 67.8. The predicted octanol–water partition coefficient (Wildman–Crippen LogP) is 4.98. The van der Waals surface area contributed by atoms with E-state index in [4.69, 9.17) is 23.2 Å². The van der Waals surface area contributed by atoms with Crippen LogP contribution in [0.15, 0.2) is 17.2 Å². The van der Waals surface area contributed by atoms with E-state index in [-0.39, 0.29) is 20.6 Å². The highest BCUT2D eigenvalue weighted by Gasteiger charge is 2.31. The molecule has 0 aliphatic heterocycles. The van der Waals surface area contributed by atoms with Gasteiger partial charge in [0, 0.05) is 18.6 Å². The molecule has 13 heteroatoms. The summed E-state index contributed by atoms with van der Waals surface area (Å²) >= 11 is 11.5. The molecule has 0 unspecified atom stereocenters. The summed E-state index contributed by atoms with van der Waals surface area (Å²) in [5.74, 6) is -12.8. The van der Waals surface area contributed by atoms with Crippen LogP contribution in [0.5, 0.6) is 0 Å². The van der Waals surface area contributed by atoms with Gasteiger partial charge in [-0.3, -0.25) is 14.9 Å². The first kappa shape index (κ1) is 21.5. The second kappa shape index (κ2) is 8.07. The third-order valence-corrected chi connectivity index (χ3v) is 3.90. The average molecular weight is 442 g/mol. The third kappa shape index (κ3) is 3.90. The fraction of sp³-hybridized carbons (Fsp3) is 0.0667. The molecule has 0 aliphatic carbocycles. The molecule has 0 aromatic heterocycles. The minimum atomic E-state index is -2.41. The van der Waals surface area contributed by atoms with Crippen LogP contribution in [0.4, 0.5) is 33.3 Å². The van der Waals surface area contributed by atoms with Gasteiger partial charge in [0.1, 0.15) is 10.7 Å². The van der Waals surface area contributed by atoms with E-state index < -0.39 is 51.3 Å². The van der Waals surface area contributed by atoms with Crippen LogP contribution in [-0.2, 0) is 4.79 Å². The molecule has 148 valence electrons. The molecule has 0 aliphatic rings. The van der Waals surface area contributed by atoms with Crippen LogP contribution in [0.3, 0.4) is 0 Å². The number of hydrazone groups is 1. The van der Waals surface area contributed by atoms with Crippen LogP contribution in [0.2, 0.25) is 10.0 Å². The van der Waals surface area contributed by atoms with Crippen LogP contribution < -0.4 is 5.01 Å². The predicted molar refractivity (Wildman–Crippen MR) is 90.1 cm³/mol. The quantitative estimate of drug-likeness (QED) is 0.167. The molecule has 0 spiro atoms. The van der Waals surface area contributed by atoms with E-state index in [9.17, 15) is 36.9 Å². The first-order chi connectivity index (χ1) is 13.0. The van der Waals surface area contributed by atoms with Crippen molar-refractivity contribution in [3.05, 3.63) is 66.9 Å². The van der Waals surface area contributed by atoms with Gasteiger partial charge in [-0.1, -0.05) is 23.2 Å². The summed E-state index contributed by atoms with van der Waals surface area (Å²) in [7, 11) is 0. The summed E-state index contributed by atoms with van der Waals surface area (Å²) in [6, 6.07) is 1.81. The number of hydrogen-bond donors (Lipinski definition) is 0. The lowest BCUT2D eigenvalue weighted by atomic mass is 10.2. The van der Waals surface area contributed by atoms with Gasteiger partial charge in [-0.15, -0.1) is 0 Å². The molecule has 0 fully saturated rings. The highest BCUT2D eigenvalue weighted by Crippen LogP contribution is 2.32. The van der Waals surface area contributed by atoms with Gasteiger partial charge in [0.05, 0.1) is 16.2 Å². The van der Waals surface area contributed by atoms with Gasteiger partial charge in [0.15, 0.2) is 23.3 Å². The Bertz CT molecular complexity index is 1000. The minimum absolute atomic E-state index is 0.104. The Balaban J connectivity index is 2.62. The number of nitro benzene ring substituents is 1. The smallest absolute Gasteiger partial charge is 0.273 e. The largest absolute Gasteiger partial charge is 0.288 e. The highest BCUT2D eigenvalue weighted by atomic mass is 35.5. The Labute approximate surface area is 162 Å². The lowest BCUT2D eigenvalue weighted by Gasteiger charge is -2.17. The van der Waals surface area contributed by atoms with Gasteiger partial charge in [0.25, 0.3) is 5.69 Å². The van der Waals surface area contributed by atoms with Crippen molar-refractivity contribution >= 4 is 46.7 Å². The molecule has 0 heterocycles. The maximum Gasteiger partial charge on any atom is 0.288 e. The van der Waals surface area contributed by atoms with Gasteiger partial charge < -0.3 is 0 Å². The van der Waals surface area contributed by atoms with Crippen molar-refractivity contribution in [3.8, 4) is 0 Å². The zero-order chi connectivity index (χ0) is 21.3. The summed E-state index contributed by atoms with van der Waals surface area (Å²) in [4.78, 5) is 21.7. The number of carbonyl (C=O) groups is 1. The van der Waals surface area contributed by atoms with E-state index in [0.29, 0.717) is 6.21 Å². The van der Waals surface area contributed by atoms with Crippen molar-refractivity contribution in [3.63, 3.8) is 0 Å². The Morgan fingerprint density at radius 2 is 1.54 bits per heavy atom. The summed E-state index contributed by atoms with van der Waals surface area (Å²) in [6.07, 6.45) is 0.658. The summed E-state index contributed by atoms with van der Waals surface area (Å²) in [6.45, 7) is 0.737. The molecule has 0 bridgehead atoms. The fourth-order valence-corrected chi connectivity index (χ4v) is 2.49. The SMILES string of the molecule is CC(=O)N(/N=C\c1cc([N+](=O)[O-])c(Cl)cc1Cl)c1c(F)c(F)c(F)c(F)c1F. The van der Waals surface area contributed by atoms with Crippen LogP contribution in [-0.4, -0.2) is 17.0 Å². The van der Waals surface area contributed by atoms with Crippen molar-refractivity contribution in [1.29, 1.82) is 0 Å². The second-order valence-corrected chi connectivity index (χ2v) is 5.89. The maximum absolute atomic E-state index is 13.9. The average Bonchev–Trinajstić information content (AvgIpc) is 2.61. The first-order valence-electron chi connectivity index (χ1n) is 6.96. The number of rotatable bonds is 4. The van der Waals surface area contributed by atoms with Crippen LogP contribution in [0.25, 0.3) is 0 Å². The van der Waals surface area contributed by atoms with Gasteiger partial charge >= 0.3 is 0 Å². The van der Waals surface area contributed by atoms with E-state index in [2.05, 4.69) is 5.10 Å². The zero-order valence-electron chi connectivity index (χ0n) is 13.4. The van der Waals surface area contributed by atoms with Gasteiger partial charge in [-0.05, 0) is 6.07 Å². The van der Waals surface area contributed by atoms with E-state index in [1.54, 1.807) is 0 Å². The monoisotopic (exact) mass is 441 g/mol. The highest BCUT2D eigenvalue weighted by molar-refractivity contribution is 6.37. The third-order valence-electron chi connectivity index (χ3n) is 3.27. The number of halogens is 7. The van der Waals surface area contributed by atoms with Crippen LogP contribution >= 0.6 is 23.2 Å². The summed E-state index contributed by atoms with van der Waals surface area (Å²) in [5.41, 5.74) is -2.44. The standard InChI is InChI=1S/C15H6Cl2F5N3O3/c1-5(26)24(15-13(21)11(19)10(18)12(20)14(15)22)23-4-6-2-9(25(27)28)8(17)3-7(6)16/h2-4H,1H3/b23-4-. The molecular weight excluding hydrogens is 436 g/mol. The van der Waals surface area contributed by atoms with Crippen LogP contribution in [0.1, 0.15) is 12.5 Å². The minimum Gasteiger partial charge on any atom is -0.273 e. The lowest BCUT2D eigenvalue weighted by molar-refractivity contribution is -0.384. The molecule has 0 N–H and O–H groups in total. The number of nitro groups is 1. The van der Waals surface area contributed by atoms with E-state index in [1.165, 1.54) is 0 Å². The van der Waals surface area contributed by atoms with E-state index >= 15 is 0 Å². The molecule has 2 aromatic carbocycles. The van der Waals surface area contributed by atoms with Gasteiger partial charge in [-0.25, -0.2) is 22.0 Å². The number of nitrogens with zero attached hydrogens (tertiary/aromatic N) is 3. The second-order valence-electron chi connectivity index (χ2n) is 5.08. The molecular formula is C15H6Cl2F5N3O3. The Hall–Kier alpha value is -2.79. The topological polar surface area (TPSA) is 75.8 Å². The van der Waals surface area contributed by atoms with Crippen molar-refractivity contribution in [2.75, 3.05) is 5.01 Å². The molecule has 0 atom stereocenters. The van der Waals surface area contributed by atoms with E-state index in [0.717, 1.165) is 19.1 Å². The fourth-order valence-electron chi connectivity index (χ4n) is 1.99. The molecule has 0 saturated carbocycles. The van der Waals surface area contributed by atoms with Crippen LogP contribution in [0, 0.1) is 39.2 Å². The molecule has 2 rings (SSSR count). The number of carbonyl (C=O) groups excluding carboxylic acids is 1. The molecule has 28 heavy (non-hydrogen) atoms. The Morgan fingerprint density at radius 1 is 1.04 bits per heavy atom. The Morgan fingerprint density at radius 3 is 2.00 bits per heavy atom. The van der Waals surface area contributed by atoms with Crippen molar-refractivity contribution in [2.45, 2.75) is 6.92 Å². The van der Waals surface area contributed by atoms with Crippen molar-refractivity contribution in [1.82, 2.24) is 0 Å². The molecule has 0 radical (unpaired) electrons. The maximum atomic E-state index is 13.9. The number of hydrogen-bond acceptors (Lipinski definition) is 4. The van der Waals surface area contributed by atoms with Gasteiger partial charge in [0.2, 0.25) is 11.7 Å². The molecule has 0 saturated heterocycles. The molecule has 1 amide bonds. The number of anilines is 1.